The van der Waals surface area contributed by atoms with Crippen LogP contribution in [-0.2, 0) is 6.18 Å². The molecule has 4 aromatic rings. The van der Waals surface area contributed by atoms with Crippen LogP contribution in [0.15, 0.2) is 76.3 Å². The van der Waals surface area contributed by atoms with Crippen molar-refractivity contribution in [3.63, 3.8) is 0 Å². The molecule has 0 amide bonds. The molecule has 4 rings (SSSR count). The number of nitrogens with zero attached hydrogens (tertiary/aromatic N) is 1. The molecule has 0 unspecified atom stereocenters. The van der Waals surface area contributed by atoms with Gasteiger partial charge in [-0.05, 0) is 30.0 Å². The summed E-state index contributed by atoms with van der Waals surface area (Å²) in [5, 5.41) is 1.17. The second kappa shape index (κ2) is 7.22. The maximum atomic E-state index is 12.9. The van der Waals surface area contributed by atoms with Gasteiger partial charge in [0.25, 0.3) is 5.56 Å². The molecule has 152 valence electrons. The lowest BCUT2D eigenvalue weighted by molar-refractivity contribution is -0.141. The topological polar surface area (TPSA) is 64.1 Å². The van der Waals surface area contributed by atoms with E-state index in [2.05, 4.69) is 0 Å². The molecule has 8 heteroatoms. The number of H-pyrrole nitrogens is 1. The fourth-order valence-corrected chi connectivity index (χ4v) is 3.18. The lowest BCUT2D eigenvalue weighted by Crippen LogP contribution is -2.35. The Morgan fingerprint density at radius 1 is 0.933 bits per heavy atom. The predicted octanol–water partition coefficient (Wildman–Crippen LogP) is 4.80. The number of hydrogen-bond donors (Lipinski definition) is 1. The quantitative estimate of drug-likeness (QED) is 0.526. The zero-order chi connectivity index (χ0) is 21.5. The average molecular weight is 412 g/mol. The number of benzene rings is 3. The number of hydrogen-bond acceptors (Lipinski definition) is 3. The monoisotopic (exact) mass is 412 g/mol. The van der Waals surface area contributed by atoms with Crippen molar-refractivity contribution in [1.29, 1.82) is 0 Å². The lowest BCUT2D eigenvalue weighted by Gasteiger charge is -2.14. The van der Waals surface area contributed by atoms with Crippen molar-refractivity contribution in [2.45, 2.75) is 13.1 Å². The zero-order valence-corrected chi connectivity index (χ0v) is 15.7. The van der Waals surface area contributed by atoms with E-state index in [0.717, 1.165) is 5.56 Å². The molecule has 0 aliphatic rings. The van der Waals surface area contributed by atoms with Gasteiger partial charge < -0.3 is 9.72 Å². The zero-order valence-electron chi connectivity index (χ0n) is 15.7. The largest absolute Gasteiger partial charge is 0.457 e. The van der Waals surface area contributed by atoms with Gasteiger partial charge in [-0.2, -0.15) is 13.2 Å². The Kier molecular flexibility index (Phi) is 4.69. The summed E-state index contributed by atoms with van der Waals surface area (Å²) in [7, 11) is 0. The maximum absolute atomic E-state index is 12.9. The van der Waals surface area contributed by atoms with Gasteiger partial charge >= 0.3 is 11.9 Å². The summed E-state index contributed by atoms with van der Waals surface area (Å²) in [5.41, 5.74) is -2.68. The minimum Gasteiger partial charge on any atom is -0.457 e. The van der Waals surface area contributed by atoms with Crippen LogP contribution in [0.4, 0.5) is 13.2 Å². The highest BCUT2D eigenvalue weighted by molar-refractivity contribution is 5.91. The Bertz CT molecular complexity index is 1340. The fraction of sp³-hybridized carbons (Fsp3) is 0.0909. The van der Waals surface area contributed by atoms with Gasteiger partial charge in [0.2, 0.25) is 0 Å². The van der Waals surface area contributed by atoms with Crippen LogP contribution < -0.4 is 16.0 Å². The Morgan fingerprint density at radius 3 is 2.33 bits per heavy atom. The van der Waals surface area contributed by atoms with E-state index < -0.39 is 23.1 Å². The van der Waals surface area contributed by atoms with E-state index in [4.69, 9.17) is 4.74 Å². The molecule has 0 aliphatic heterocycles. The van der Waals surface area contributed by atoms with Gasteiger partial charge in [0.05, 0.1) is 5.69 Å². The smallest absolute Gasteiger partial charge is 0.431 e. The van der Waals surface area contributed by atoms with E-state index in [9.17, 15) is 22.8 Å². The van der Waals surface area contributed by atoms with Crippen LogP contribution in [0.25, 0.3) is 16.5 Å². The molecule has 0 spiro atoms. The third-order valence-electron chi connectivity index (χ3n) is 4.61. The molecule has 3 aromatic carbocycles. The second-order valence-electron chi connectivity index (χ2n) is 6.69. The van der Waals surface area contributed by atoms with Crippen LogP contribution in [0.2, 0.25) is 0 Å². The first kappa shape index (κ1) is 19.5. The first-order valence-electron chi connectivity index (χ1n) is 8.94. The summed E-state index contributed by atoms with van der Waals surface area (Å²) in [6, 6.07) is 17.7. The average Bonchev–Trinajstić information content (AvgIpc) is 2.68. The first-order valence-corrected chi connectivity index (χ1v) is 8.94. The molecule has 0 fully saturated rings. The van der Waals surface area contributed by atoms with Crippen LogP contribution in [0, 0.1) is 6.92 Å². The van der Waals surface area contributed by atoms with Gasteiger partial charge in [0, 0.05) is 17.5 Å². The number of aromatic amines is 1. The molecule has 1 N–H and O–H groups in total. The van der Waals surface area contributed by atoms with Gasteiger partial charge in [-0.25, -0.2) is 9.36 Å². The SMILES string of the molecule is Cc1ccccc1Oc1cc(-n2c(=O)cc(C(F)(F)F)[nH]c2=O)c2ccccc2c1. The third kappa shape index (κ3) is 3.59. The third-order valence-corrected chi connectivity index (χ3v) is 4.61. The molecular formula is C22H15F3N2O3. The summed E-state index contributed by atoms with van der Waals surface area (Å²) >= 11 is 0. The number of fused-ring (bicyclic) bond motifs is 1. The molecule has 30 heavy (non-hydrogen) atoms. The minimum atomic E-state index is -4.84. The second-order valence-corrected chi connectivity index (χ2v) is 6.69. The fourth-order valence-electron chi connectivity index (χ4n) is 3.18. The molecule has 0 saturated heterocycles. The summed E-state index contributed by atoms with van der Waals surface area (Å²) in [6.07, 6.45) is -4.84. The van der Waals surface area contributed by atoms with E-state index in [1.54, 1.807) is 47.4 Å². The van der Waals surface area contributed by atoms with Gasteiger partial charge in [-0.1, -0.05) is 42.5 Å². The summed E-state index contributed by atoms with van der Waals surface area (Å²) in [4.78, 5) is 26.7. The molecule has 0 aliphatic carbocycles. The number of alkyl halides is 3. The van der Waals surface area contributed by atoms with Crippen molar-refractivity contribution >= 4 is 10.8 Å². The van der Waals surface area contributed by atoms with Crippen LogP contribution in [0.5, 0.6) is 11.5 Å². The highest BCUT2D eigenvalue weighted by Crippen LogP contribution is 2.32. The van der Waals surface area contributed by atoms with E-state index >= 15 is 0 Å². The predicted molar refractivity (Wildman–Crippen MR) is 106 cm³/mol. The maximum Gasteiger partial charge on any atom is 0.431 e. The van der Waals surface area contributed by atoms with Gasteiger partial charge in [-0.15, -0.1) is 0 Å². The van der Waals surface area contributed by atoms with E-state index in [0.29, 0.717) is 32.9 Å². The van der Waals surface area contributed by atoms with Crippen molar-refractivity contribution < 1.29 is 17.9 Å². The van der Waals surface area contributed by atoms with E-state index in [1.807, 2.05) is 19.1 Å². The number of aryl methyl sites for hydroxylation is 1. The summed E-state index contributed by atoms with van der Waals surface area (Å²) < 4.78 is 45.4. The van der Waals surface area contributed by atoms with Gasteiger partial charge in [0.15, 0.2) is 0 Å². The number of ether oxygens (including phenoxy) is 1. The summed E-state index contributed by atoms with van der Waals surface area (Å²) in [5.74, 6) is 0.914. The molecule has 1 heterocycles. The Labute approximate surface area is 168 Å². The number of rotatable bonds is 3. The first-order chi connectivity index (χ1) is 14.2. The number of nitrogens with one attached hydrogen (secondary N) is 1. The van der Waals surface area contributed by atoms with E-state index in [-0.39, 0.29) is 5.69 Å². The molecule has 0 radical (unpaired) electrons. The Balaban J connectivity index is 1.94. The van der Waals surface area contributed by atoms with E-state index in [1.165, 1.54) is 6.07 Å². The van der Waals surface area contributed by atoms with Crippen molar-refractivity contribution in [3.8, 4) is 17.2 Å². The molecular weight excluding hydrogens is 397 g/mol. The Hall–Kier alpha value is -3.81. The number of para-hydroxylation sites is 1. The van der Waals surface area contributed by atoms with Crippen LogP contribution in [0.1, 0.15) is 11.3 Å². The van der Waals surface area contributed by atoms with Crippen LogP contribution in [0.3, 0.4) is 0 Å². The normalized spacial score (nSPS) is 11.6. The minimum absolute atomic E-state index is 0.122. The van der Waals surface area contributed by atoms with Crippen LogP contribution >= 0.6 is 0 Å². The molecule has 0 saturated carbocycles. The highest BCUT2D eigenvalue weighted by atomic mass is 19.4. The number of aromatic nitrogens is 2. The van der Waals surface area contributed by atoms with Gasteiger partial charge in [-0.3, -0.25) is 4.79 Å². The van der Waals surface area contributed by atoms with Crippen LogP contribution in [-0.4, -0.2) is 9.55 Å². The van der Waals surface area contributed by atoms with Gasteiger partial charge in [0.1, 0.15) is 17.2 Å². The standard InChI is InChI=1S/C22H15F3N2O3/c1-13-6-2-5-9-18(13)30-15-10-14-7-3-4-8-16(14)17(11-15)27-20(28)12-19(22(23,24)25)26-21(27)29/h2-12H,1H3,(H,26,29). The molecule has 0 bridgehead atoms. The Morgan fingerprint density at radius 2 is 1.63 bits per heavy atom. The highest BCUT2D eigenvalue weighted by Gasteiger charge is 2.33. The van der Waals surface area contributed by atoms with Crippen molar-refractivity contribution in [2.24, 2.45) is 0 Å². The lowest BCUT2D eigenvalue weighted by atomic mass is 10.1. The number of halogens is 3. The molecule has 0 atom stereocenters. The summed E-state index contributed by atoms with van der Waals surface area (Å²) in [6.45, 7) is 1.86. The molecule has 5 nitrogen and oxygen atoms in total. The van der Waals surface area contributed by atoms with Crippen molar-refractivity contribution in [2.75, 3.05) is 0 Å². The molecule has 1 aromatic heterocycles. The van der Waals surface area contributed by atoms with Crippen molar-refractivity contribution in [3.05, 3.63) is 98.8 Å². The van der Waals surface area contributed by atoms with Crippen molar-refractivity contribution in [1.82, 2.24) is 9.55 Å².